The van der Waals surface area contributed by atoms with Crippen LogP contribution in [0.25, 0.3) is 0 Å². The number of guanidine groups is 2. The molecule has 0 bridgehead atoms. The Balaban J connectivity index is 1.81. The summed E-state index contributed by atoms with van der Waals surface area (Å²) < 4.78 is 11.8. The van der Waals surface area contributed by atoms with Crippen molar-refractivity contribution in [2.45, 2.75) is 115 Å². The average molecular weight is 482 g/mol. The molecule has 2 heterocycles. The monoisotopic (exact) mass is 481 g/mol. The second kappa shape index (κ2) is 15.8. The second-order valence-corrected chi connectivity index (χ2v) is 9.75. The van der Waals surface area contributed by atoms with Gasteiger partial charge in [0.15, 0.2) is 11.7 Å². The molecule has 1 saturated heterocycles. The molecular formula is C25H49N6O3+. The maximum absolute atomic E-state index is 13.2. The largest absolute Gasteiger partial charge is 0.465 e. The predicted molar refractivity (Wildman–Crippen MR) is 136 cm³/mol. The fourth-order valence-electron chi connectivity index (χ4n) is 5.04. The number of nitrogens with zero attached hydrogens (tertiary/aromatic N) is 1. The summed E-state index contributed by atoms with van der Waals surface area (Å²) in [4.78, 5) is 20.7. The molecule has 1 unspecified atom stereocenters. The summed E-state index contributed by atoms with van der Waals surface area (Å²) in [5, 5.41) is 3.19. The number of carbonyl (C=O) groups is 1. The second-order valence-electron chi connectivity index (χ2n) is 9.75. The van der Waals surface area contributed by atoms with Crippen LogP contribution in [0.3, 0.4) is 0 Å². The van der Waals surface area contributed by atoms with Crippen LogP contribution in [-0.4, -0.2) is 49.4 Å². The summed E-state index contributed by atoms with van der Waals surface area (Å²) in [7, 11) is 0. The number of hydrogen-bond donors (Lipinski definition) is 5. The maximum Gasteiger partial charge on any atom is 0.338 e. The highest BCUT2D eigenvalue weighted by Gasteiger charge is 2.53. The van der Waals surface area contributed by atoms with Gasteiger partial charge in [0.2, 0.25) is 0 Å². The molecule has 9 heteroatoms. The Morgan fingerprint density at radius 2 is 1.76 bits per heavy atom. The fourth-order valence-corrected chi connectivity index (χ4v) is 5.04. The minimum Gasteiger partial charge on any atom is -0.465 e. The Kier molecular flexibility index (Phi) is 13.1. The van der Waals surface area contributed by atoms with Crippen LogP contribution in [0.5, 0.6) is 0 Å². The first kappa shape index (κ1) is 28.2. The van der Waals surface area contributed by atoms with Crippen molar-refractivity contribution in [1.29, 1.82) is 0 Å². The molecule has 1 fully saturated rings. The van der Waals surface area contributed by atoms with Crippen molar-refractivity contribution in [3.8, 4) is 0 Å². The lowest BCUT2D eigenvalue weighted by Gasteiger charge is -2.42. The number of carbonyl (C=O) groups excluding carboxylic acids is 1. The van der Waals surface area contributed by atoms with Gasteiger partial charge in [0.1, 0.15) is 5.92 Å². The normalized spacial score (nSPS) is 24.0. The molecule has 0 amide bonds. The summed E-state index contributed by atoms with van der Waals surface area (Å²) in [5.74, 6) is -0.0971. The summed E-state index contributed by atoms with van der Waals surface area (Å²) in [6.07, 6.45) is 16.4. The van der Waals surface area contributed by atoms with Crippen LogP contribution in [0.2, 0.25) is 0 Å². The van der Waals surface area contributed by atoms with Crippen LogP contribution in [0.15, 0.2) is 4.99 Å². The highest BCUT2D eigenvalue weighted by Crippen LogP contribution is 2.38. The molecule has 34 heavy (non-hydrogen) atoms. The van der Waals surface area contributed by atoms with Crippen molar-refractivity contribution in [3.05, 3.63) is 0 Å². The molecule has 1 spiro atoms. The molecule has 0 radical (unpaired) electrons. The molecule has 2 aliphatic heterocycles. The number of hydrogen-bond acceptors (Lipinski definition) is 6. The van der Waals surface area contributed by atoms with E-state index in [1.807, 2.05) is 0 Å². The third kappa shape index (κ3) is 9.68. The third-order valence-electron chi connectivity index (χ3n) is 6.84. The van der Waals surface area contributed by atoms with Crippen LogP contribution < -0.4 is 27.5 Å². The van der Waals surface area contributed by atoms with E-state index in [1.54, 1.807) is 0 Å². The van der Waals surface area contributed by atoms with Gasteiger partial charge in [-0.25, -0.2) is 4.99 Å². The van der Waals surface area contributed by atoms with Gasteiger partial charge in [-0.05, 0) is 38.5 Å². The van der Waals surface area contributed by atoms with Gasteiger partial charge in [0, 0.05) is 6.61 Å². The lowest BCUT2D eigenvalue weighted by Crippen LogP contribution is -2.78. The van der Waals surface area contributed by atoms with Crippen molar-refractivity contribution in [2.75, 3.05) is 19.8 Å². The maximum atomic E-state index is 13.2. The molecule has 2 aliphatic rings. The van der Waals surface area contributed by atoms with Crippen molar-refractivity contribution in [3.63, 3.8) is 0 Å². The minimum atomic E-state index is -0.786. The average Bonchev–Trinajstić information content (AvgIpc) is 3.24. The Morgan fingerprint density at radius 3 is 2.41 bits per heavy atom. The molecule has 3 atom stereocenters. The van der Waals surface area contributed by atoms with Gasteiger partial charge >= 0.3 is 11.9 Å². The third-order valence-corrected chi connectivity index (χ3v) is 6.84. The number of nitrogens with one attached hydrogen (secondary N) is 2. The lowest BCUT2D eigenvalue weighted by atomic mass is 9.82. The molecular weight excluding hydrogens is 432 g/mol. The van der Waals surface area contributed by atoms with Crippen LogP contribution in [0.4, 0.5) is 0 Å². The predicted octanol–water partition coefficient (Wildman–Crippen LogP) is 1.38. The summed E-state index contributed by atoms with van der Waals surface area (Å²) in [5.41, 5.74) is 16.1. The Morgan fingerprint density at radius 1 is 1.09 bits per heavy atom. The van der Waals surface area contributed by atoms with E-state index in [-0.39, 0.29) is 18.0 Å². The standard InChI is InChI=1S/C25H48N6O3/c1-2-3-4-5-6-7-8-9-11-15-20-21(25(16-14-19-34-25)31-24(28)30-20)22(32)33-18-13-10-12-17-29-23(26)27/h20-21H,2-19H2,1H3,(H4,26,27,29)(H3,28,30,31)/p+1/t20-,21?,25+/m0/s1. The zero-order chi connectivity index (χ0) is 24.7. The summed E-state index contributed by atoms with van der Waals surface area (Å²) in [6, 6.07) is -0.205. The zero-order valence-electron chi connectivity index (χ0n) is 21.3. The first-order chi connectivity index (χ1) is 16.5. The minimum absolute atomic E-state index is 0.205. The van der Waals surface area contributed by atoms with Crippen molar-refractivity contribution in [1.82, 2.24) is 5.32 Å². The topological polar surface area (TPSA) is 152 Å². The van der Waals surface area contributed by atoms with Gasteiger partial charge < -0.3 is 20.5 Å². The first-order valence-electron chi connectivity index (χ1n) is 13.5. The lowest BCUT2D eigenvalue weighted by molar-refractivity contribution is -0.459. The molecule has 0 aromatic rings. The number of aliphatic imine (C=N–C) groups is 1. The van der Waals surface area contributed by atoms with Gasteiger partial charge in [0.05, 0.1) is 19.2 Å². The van der Waals surface area contributed by atoms with Crippen molar-refractivity contribution >= 4 is 17.9 Å². The quantitative estimate of drug-likeness (QED) is 0.0911. The SMILES string of the molecule is CCCCCCCCCCC[C@@H]1N=C(N)N[C@@]2(CCCO2)C1C(=O)OCCCCC[NH+]=C(N)N. The van der Waals surface area contributed by atoms with Gasteiger partial charge in [-0.1, -0.05) is 64.7 Å². The van der Waals surface area contributed by atoms with E-state index in [9.17, 15) is 4.79 Å². The van der Waals surface area contributed by atoms with Crippen LogP contribution in [0, 0.1) is 5.92 Å². The molecule has 0 aromatic carbocycles. The van der Waals surface area contributed by atoms with E-state index in [2.05, 4.69) is 22.2 Å². The van der Waals surface area contributed by atoms with Crippen LogP contribution in [-0.2, 0) is 14.3 Å². The first-order valence-corrected chi connectivity index (χ1v) is 13.5. The molecule has 0 aromatic heterocycles. The van der Waals surface area contributed by atoms with Crippen LogP contribution >= 0.6 is 0 Å². The number of esters is 1. The number of nitrogens with two attached hydrogens (primary N) is 3. The van der Waals surface area contributed by atoms with Gasteiger partial charge in [-0.3, -0.25) is 21.3 Å². The van der Waals surface area contributed by atoms with Crippen molar-refractivity contribution in [2.24, 2.45) is 28.1 Å². The van der Waals surface area contributed by atoms with E-state index < -0.39 is 11.6 Å². The number of unbranched alkanes of at least 4 members (excludes halogenated alkanes) is 10. The fraction of sp³-hybridized carbons (Fsp3) is 0.880. The Bertz CT molecular complexity index is 645. The van der Waals surface area contributed by atoms with Crippen molar-refractivity contribution < 1.29 is 19.3 Å². The molecule has 0 aliphatic carbocycles. The Hall–Kier alpha value is -2.03. The smallest absolute Gasteiger partial charge is 0.338 e. The molecule has 2 rings (SSSR count). The molecule has 9 nitrogen and oxygen atoms in total. The van der Waals surface area contributed by atoms with E-state index in [0.717, 1.165) is 51.4 Å². The Labute approximate surface area is 205 Å². The van der Waals surface area contributed by atoms with Gasteiger partial charge in [-0.2, -0.15) is 0 Å². The summed E-state index contributed by atoms with van der Waals surface area (Å²) in [6.45, 7) is 3.97. The number of rotatable bonds is 17. The number of ether oxygens (including phenoxy) is 2. The van der Waals surface area contributed by atoms with Gasteiger partial charge in [-0.15, -0.1) is 0 Å². The van der Waals surface area contributed by atoms with Crippen LogP contribution in [0.1, 0.15) is 103 Å². The molecule has 0 saturated carbocycles. The van der Waals surface area contributed by atoms with E-state index >= 15 is 0 Å². The highest BCUT2D eigenvalue weighted by atomic mass is 16.5. The zero-order valence-corrected chi connectivity index (χ0v) is 21.3. The summed E-state index contributed by atoms with van der Waals surface area (Å²) >= 11 is 0. The highest BCUT2D eigenvalue weighted by molar-refractivity contribution is 5.84. The van der Waals surface area contributed by atoms with E-state index in [1.165, 1.54) is 44.9 Å². The van der Waals surface area contributed by atoms with E-state index in [4.69, 9.17) is 26.7 Å². The van der Waals surface area contributed by atoms with E-state index in [0.29, 0.717) is 25.7 Å². The molecule has 196 valence electrons. The molecule has 8 N–H and O–H groups in total. The van der Waals surface area contributed by atoms with Gasteiger partial charge in [0.25, 0.3) is 0 Å².